The fourth-order valence-electron chi connectivity index (χ4n) is 11.2. The fraction of sp³-hybridized carbons (Fsp3) is 0.377. The molecule has 6 heterocycles. The lowest BCUT2D eigenvalue weighted by molar-refractivity contribution is -0.164. The zero-order valence-corrected chi connectivity index (χ0v) is 50.3. The molecule has 3 aromatic heterocycles. The van der Waals surface area contributed by atoms with Gasteiger partial charge in [0, 0.05) is 32.9 Å². The Hall–Kier alpha value is -6.09. The van der Waals surface area contributed by atoms with Crippen molar-refractivity contribution in [2.45, 2.75) is 142 Å². The molecule has 2 atom stereocenters. The number of benzene rings is 3. The zero-order chi connectivity index (χ0) is 58.6. The number of carbonyl (C=O) groups is 3. The van der Waals surface area contributed by atoms with Crippen LogP contribution in [0.4, 0.5) is 13.2 Å². The van der Waals surface area contributed by atoms with Crippen molar-refractivity contribution >= 4 is 77.3 Å². The van der Waals surface area contributed by atoms with Crippen molar-refractivity contribution in [3.63, 3.8) is 0 Å². The van der Waals surface area contributed by atoms with Gasteiger partial charge in [-0.3, -0.25) is 19.1 Å². The summed E-state index contributed by atoms with van der Waals surface area (Å²) in [6.45, 7) is 18.3. The second-order valence-corrected chi connectivity index (χ2v) is 25.8. The van der Waals surface area contributed by atoms with Crippen LogP contribution in [0.5, 0.6) is 0 Å². The second kappa shape index (κ2) is 20.4. The number of hydrogen-bond acceptors (Lipinski definition) is 13. The molecule has 0 bridgehead atoms. The summed E-state index contributed by atoms with van der Waals surface area (Å²) in [4.78, 5) is 46.0. The van der Waals surface area contributed by atoms with Gasteiger partial charge in [-0.15, -0.1) is 21.5 Å². The number of aliphatic hydroxyl groups is 3. The van der Waals surface area contributed by atoms with Crippen LogP contribution in [0, 0.1) is 6.92 Å². The largest absolute Gasteiger partial charge is 0.508 e. The van der Waals surface area contributed by atoms with E-state index in [1.54, 1.807) is 113 Å². The Morgan fingerprint density at radius 3 is 1.57 bits per heavy atom. The quantitative estimate of drug-likeness (QED) is 0.106. The highest BCUT2D eigenvalue weighted by molar-refractivity contribution is 9.10. The van der Waals surface area contributed by atoms with Gasteiger partial charge in [-0.05, 0) is 215 Å². The molecule has 3 aliphatic rings. The topological polar surface area (TPSA) is 183 Å². The van der Waals surface area contributed by atoms with Crippen molar-refractivity contribution < 1.29 is 57.1 Å². The summed E-state index contributed by atoms with van der Waals surface area (Å²) in [5, 5.41) is 50.2. The number of alkyl halides is 3. The molecule has 6 aromatic rings. The number of rotatable bonds is 12. The average Bonchev–Trinajstić information content (AvgIpc) is 4.13. The van der Waals surface area contributed by atoms with Crippen molar-refractivity contribution in [3.05, 3.63) is 150 Å². The van der Waals surface area contributed by atoms with Gasteiger partial charge < -0.3 is 29.5 Å². The number of aromatic nitrogens is 4. The van der Waals surface area contributed by atoms with Gasteiger partial charge in [-0.25, -0.2) is 0 Å². The number of ketones is 3. The van der Waals surface area contributed by atoms with Crippen LogP contribution in [0.2, 0.25) is 0 Å². The molecule has 80 heavy (non-hydrogen) atoms. The van der Waals surface area contributed by atoms with Crippen LogP contribution in [0.25, 0.3) is 49.7 Å². The zero-order valence-electron chi connectivity index (χ0n) is 46.3. The molecule has 3 N–H and O–H groups in total. The van der Waals surface area contributed by atoms with Gasteiger partial charge in [-0.1, -0.05) is 36.4 Å². The van der Waals surface area contributed by atoms with E-state index in [0.717, 1.165) is 25.7 Å². The number of thiophene rings is 1. The molecule has 13 nitrogen and oxygen atoms in total. The SMILES string of the molecule is Cc1ccc(-c2cc(C(F)(F)F)nn2C)cc1C1=C(O)C(C)(C)OC(C)(CCc2ccc(-c3cc(Br)cs3)cc2C2=C(O)C(C)(C)OC(C)(CCc3ccc(-c4ccc(Br)nn4)cc3C3=C(O)C(C)(C)OC(C)(C)C3=O)C2=O)C1=O. The Balaban J connectivity index is 1.09. The van der Waals surface area contributed by atoms with E-state index in [0.29, 0.717) is 54.8 Å². The summed E-state index contributed by atoms with van der Waals surface area (Å²) in [6, 6.07) is 22.3. The first kappa shape index (κ1) is 58.6. The van der Waals surface area contributed by atoms with Gasteiger partial charge in [0.15, 0.2) is 23.0 Å². The monoisotopic (exact) mass is 1240 g/mol. The molecule has 2 unspecified atom stereocenters. The third-order valence-electron chi connectivity index (χ3n) is 15.3. The molecular weight excluding hydrogens is 1180 g/mol. The number of ether oxygens (including phenoxy) is 3. The second-order valence-electron chi connectivity index (χ2n) is 23.1. The summed E-state index contributed by atoms with van der Waals surface area (Å²) in [6.07, 6.45) is -4.35. The van der Waals surface area contributed by atoms with Gasteiger partial charge >= 0.3 is 6.18 Å². The molecule has 0 radical (unpaired) electrons. The molecule has 0 saturated carbocycles. The van der Waals surface area contributed by atoms with Gasteiger partial charge in [0.1, 0.15) is 55.5 Å². The Labute approximate surface area is 482 Å². The molecule has 0 saturated heterocycles. The first-order valence-corrected chi connectivity index (χ1v) is 28.3. The van der Waals surface area contributed by atoms with Crippen molar-refractivity contribution in [1.82, 2.24) is 20.0 Å². The van der Waals surface area contributed by atoms with Crippen molar-refractivity contribution in [1.29, 1.82) is 0 Å². The van der Waals surface area contributed by atoms with Crippen molar-refractivity contribution in [2.75, 3.05) is 0 Å². The molecule has 420 valence electrons. The van der Waals surface area contributed by atoms with E-state index in [2.05, 4.69) is 47.2 Å². The number of Topliss-reactive ketones (excluding diaryl/α,β-unsaturated/α-hetero) is 3. The summed E-state index contributed by atoms with van der Waals surface area (Å²) in [5.41, 5.74) is -4.39. The van der Waals surface area contributed by atoms with Crippen LogP contribution in [0.3, 0.4) is 0 Å². The third-order valence-corrected chi connectivity index (χ3v) is 17.5. The maximum atomic E-state index is 15.6. The molecular formula is C61H61Br2F3N4O9S. The lowest BCUT2D eigenvalue weighted by Crippen LogP contribution is -2.52. The number of halogens is 5. The molecule has 9 rings (SSSR count). The minimum atomic E-state index is -4.69. The average molecular weight is 1240 g/mol. The fourth-order valence-corrected chi connectivity index (χ4v) is 12.8. The van der Waals surface area contributed by atoms with Crippen LogP contribution in [0.15, 0.2) is 111 Å². The van der Waals surface area contributed by atoms with Crippen LogP contribution >= 0.6 is 43.2 Å². The van der Waals surface area contributed by atoms with Gasteiger partial charge in [0.25, 0.3) is 0 Å². The smallest absolute Gasteiger partial charge is 0.435 e. The van der Waals surface area contributed by atoms with E-state index in [4.69, 9.17) is 14.2 Å². The third kappa shape index (κ3) is 10.7. The molecule has 0 aliphatic carbocycles. The molecule has 0 fully saturated rings. The maximum Gasteiger partial charge on any atom is 0.435 e. The van der Waals surface area contributed by atoms with Gasteiger partial charge in [0.05, 0.1) is 28.1 Å². The highest BCUT2D eigenvalue weighted by Gasteiger charge is 2.53. The number of aryl methyl sites for hydroxylation is 4. The predicted octanol–water partition coefficient (Wildman–Crippen LogP) is 14.6. The van der Waals surface area contributed by atoms with Gasteiger partial charge in [-0.2, -0.15) is 18.3 Å². The molecule has 3 aliphatic heterocycles. The van der Waals surface area contributed by atoms with E-state index in [1.807, 2.05) is 41.8 Å². The van der Waals surface area contributed by atoms with Crippen LogP contribution in [0.1, 0.15) is 121 Å². The van der Waals surface area contributed by atoms with Crippen molar-refractivity contribution in [2.24, 2.45) is 7.05 Å². The Morgan fingerprint density at radius 1 is 0.588 bits per heavy atom. The minimum absolute atomic E-state index is 0.0138. The number of nitrogens with zero attached hydrogens (tertiary/aromatic N) is 4. The summed E-state index contributed by atoms with van der Waals surface area (Å²) in [7, 11) is 1.40. The Morgan fingerprint density at radius 2 is 1.07 bits per heavy atom. The molecule has 0 spiro atoms. The van der Waals surface area contributed by atoms with E-state index >= 15 is 9.59 Å². The van der Waals surface area contributed by atoms with E-state index in [9.17, 15) is 33.3 Å². The van der Waals surface area contributed by atoms with Crippen LogP contribution < -0.4 is 0 Å². The van der Waals surface area contributed by atoms with Gasteiger partial charge in [0.2, 0.25) is 0 Å². The lowest BCUT2D eigenvalue weighted by Gasteiger charge is -2.44. The maximum absolute atomic E-state index is 15.6. The standard InChI is InChI=1S/C61H61Br2F3N4O9S/c1-31-13-14-35(42-29-44(61(64,65)66)69-70(42)12)26-38(31)46-49(71)57(6,7)78-59(10,53(46)75)23-22-33-16-18-36(43-28-37(62)30-80-43)27-40(33)48-52(74)58(8,9)79-60(11,54(48)76)24-21-32-15-17-34(41-19-20-45(63)68-67-41)25-39(32)47-50(72)55(2,3)77-56(4,5)51(47)73/h13-20,25-30,71-72,74H,21-24H2,1-12H3. The van der Waals surface area contributed by atoms with Crippen LogP contribution in [-0.2, 0) is 54.7 Å². The minimum Gasteiger partial charge on any atom is -0.508 e. The first-order chi connectivity index (χ1) is 37.1. The van der Waals surface area contributed by atoms with E-state index in [1.165, 1.54) is 18.4 Å². The lowest BCUT2D eigenvalue weighted by atomic mass is 9.75. The Bertz CT molecular complexity index is 3670. The molecule has 0 amide bonds. The normalized spacial score (nSPS) is 21.9. The Kier molecular flexibility index (Phi) is 14.9. The molecule has 19 heteroatoms. The number of aliphatic hydroxyl groups excluding tert-OH is 3. The highest BCUT2D eigenvalue weighted by Crippen LogP contribution is 2.49. The highest BCUT2D eigenvalue weighted by atomic mass is 79.9. The predicted molar refractivity (Wildman–Crippen MR) is 308 cm³/mol. The summed E-state index contributed by atoms with van der Waals surface area (Å²) in [5.74, 6) is -2.43. The first-order valence-electron chi connectivity index (χ1n) is 25.9. The van der Waals surface area contributed by atoms with Crippen molar-refractivity contribution in [3.8, 4) is 33.0 Å². The van der Waals surface area contributed by atoms with E-state index < -0.39 is 62.8 Å². The van der Waals surface area contributed by atoms with E-state index in [-0.39, 0.29) is 65.4 Å². The summed E-state index contributed by atoms with van der Waals surface area (Å²) < 4.78 is 63.2. The number of carbonyl (C=O) groups excluding carboxylic acids is 3. The number of hydrogen-bond donors (Lipinski definition) is 3. The molecule has 3 aromatic carbocycles. The van der Waals surface area contributed by atoms with Crippen LogP contribution in [-0.4, -0.2) is 86.3 Å². The summed E-state index contributed by atoms with van der Waals surface area (Å²) >= 11 is 8.38.